The SMILES string of the molecule is CCCCC(O)(Cc1cccc(Cl)c1)C(=O)NC. The smallest absolute Gasteiger partial charge is 0.252 e. The van der Waals surface area contributed by atoms with E-state index < -0.39 is 5.60 Å². The maximum absolute atomic E-state index is 11.8. The van der Waals surface area contributed by atoms with Gasteiger partial charge in [-0.2, -0.15) is 0 Å². The van der Waals surface area contributed by atoms with Gasteiger partial charge in [-0.25, -0.2) is 0 Å². The zero-order chi connectivity index (χ0) is 13.6. The molecule has 0 fully saturated rings. The van der Waals surface area contributed by atoms with E-state index in [2.05, 4.69) is 5.32 Å². The molecule has 1 amide bonds. The normalized spacial score (nSPS) is 14.0. The zero-order valence-electron chi connectivity index (χ0n) is 10.9. The number of nitrogens with one attached hydrogen (secondary N) is 1. The Morgan fingerprint density at radius 1 is 1.50 bits per heavy atom. The van der Waals surface area contributed by atoms with E-state index in [1.165, 1.54) is 7.05 Å². The standard InChI is InChI=1S/C14H20ClNO2/c1-3-4-8-14(18,13(17)16-2)10-11-6-5-7-12(15)9-11/h5-7,9,18H,3-4,8,10H2,1-2H3,(H,16,17). The molecule has 0 aliphatic carbocycles. The van der Waals surface area contributed by atoms with Crippen LogP contribution >= 0.6 is 11.6 Å². The second-order valence-electron chi connectivity index (χ2n) is 4.52. The second kappa shape index (κ2) is 6.76. The Bertz CT molecular complexity index is 409. The lowest BCUT2D eigenvalue weighted by atomic mass is 9.88. The van der Waals surface area contributed by atoms with Gasteiger partial charge >= 0.3 is 0 Å². The van der Waals surface area contributed by atoms with Crippen LogP contribution in [-0.2, 0) is 11.2 Å². The van der Waals surface area contributed by atoms with Crippen LogP contribution in [0.5, 0.6) is 0 Å². The number of hydrogen-bond donors (Lipinski definition) is 2. The topological polar surface area (TPSA) is 49.3 Å². The summed E-state index contributed by atoms with van der Waals surface area (Å²) in [5.41, 5.74) is -0.486. The minimum atomic E-state index is -1.35. The maximum atomic E-state index is 11.8. The Hall–Kier alpha value is -1.06. The summed E-state index contributed by atoms with van der Waals surface area (Å²) >= 11 is 5.91. The Labute approximate surface area is 113 Å². The quantitative estimate of drug-likeness (QED) is 0.834. The highest BCUT2D eigenvalue weighted by Crippen LogP contribution is 2.22. The molecule has 1 unspecified atom stereocenters. The molecule has 0 aliphatic heterocycles. The number of aliphatic hydroxyl groups is 1. The van der Waals surface area contributed by atoms with Gasteiger partial charge < -0.3 is 10.4 Å². The van der Waals surface area contributed by atoms with E-state index in [0.29, 0.717) is 11.4 Å². The fraction of sp³-hybridized carbons (Fsp3) is 0.500. The first-order valence-corrected chi connectivity index (χ1v) is 6.58. The molecule has 1 aromatic carbocycles. The van der Waals surface area contributed by atoms with Gasteiger partial charge in [-0.15, -0.1) is 0 Å². The van der Waals surface area contributed by atoms with Gasteiger partial charge in [0, 0.05) is 18.5 Å². The van der Waals surface area contributed by atoms with Crippen LogP contribution in [0.1, 0.15) is 31.7 Å². The Morgan fingerprint density at radius 3 is 2.78 bits per heavy atom. The lowest BCUT2D eigenvalue weighted by Crippen LogP contribution is -2.47. The fourth-order valence-electron chi connectivity index (χ4n) is 1.97. The van der Waals surface area contributed by atoms with Crippen LogP contribution in [0.15, 0.2) is 24.3 Å². The summed E-state index contributed by atoms with van der Waals surface area (Å²) in [6, 6.07) is 7.24. The van der Waals surface area contributed by atoms with Crippen molar-refractivity contribution < 1.29 is 9.90 Å². The van der Waals surface area contributed by atoms with Crippen LogP contribution in [0.2, 0.25) is 5.02 Å². The van der Waals surface area contributed by atoms with Crippen LogP contribution in [0.25, 0.3) is 0 Å². The molecular formula is C14H20ClNO2. The van der Waals surface area contributed by atoms with E-state index >= 15 is 0 Å². The maximum Gasteiger partial charge on any atom is 0.252 e. The van der Waals surface area contributed by atoms with E-state index in [1.54, 1.807) is 12.1 Å². The molecule has 18 heavy (non-hydrogen) atoms. The number of carbonyl (C=O) groups is 1. The lowest BCUT2D eigenvalue weighted by molar-refractivity contribution is -0.140. The number of halogens is 1. The largest absolute Gasteiger partial charge is 0.380 e. The van der Waals surface area contributed by atoms with Crippen LogP contribution < -0.4 is 5.32 Å². The first kappa shape index (κ1) is 15.0. The highest BCUT2D eigenvalue weighted by atomic mass is 35.5. The predicted molar refractivity (Wildman–Crippen MR) is 73.7 cm³/mol. The molecule has 0 aliphatic rings. The summed E-state index contributed by atoms with van der Waals surface area (Å²) < 4.78 is 0. The van der Waals surface area contributed by atoms with Gasteiger partial charge in [0.25, 0.3) is 5.91 Å². The van der Waals surface area contributed by atoms with Crippen molar-refractivity contribution >= 4 is 17.5 Å². The molecule has 4 heteroatoms. The Morgan fingerprint density at radius 2 is 2.22 bits per heavy atom. The number of amides is 1. The second-order valence-corrected chi connectivity index (χ2v) is 4.96. The van der Waals surface area contributed by atoms with Gasteiger partial charge in [-0.1, -0.05) is 43.5 Å². The molecule has 100 valence electrons. The van der Waals surface area contributed by atoms with Crippen LogP contribution in [-0.4, -0.2) is 23.7 Å². The van der Waals surface area contributed by atoms with Gasteiger partial charge in [-0.3, -0.25) is 4.79 Å². The van der Waals surface area contributed by atoms with Crippen molar-refractivity contribution in [2.24, 2.45) is 0 Å². The first-order valence-electron chi connectivity index (χ1n) is 6.21. The summed E-state index contributed by atoms with van der Waals surface area (Å²) in [7, 11) is 1.54. The molecule has 0 bridgehead atoms. The molecule has 3 nitrogen and oxygen atoms in total. The molecule has 1 rings (SSSR count). The summed E-state index contributed by atoms with van der Waals surface area (Å²) in [6.07, 6.45) is 2.49. The van der Waals surface area contributed by atoms with Crippen molar-refractivity contribution in [1.29, 1.82) is 0 Å². The minimum Gasteiger partial charge on any atom is -0.380 e. The van der Waals surface area contributed by atoms with Gasteiger partial charge in [-0.05, 0) is 24.1 Å². The predicted octanol–water partition coefficient (Wildman–Crippen LogP) is 2.55. The molecule has 0 saturated carbocycles. The number of rotatable bonds is 6. The average molecular weight is 270 g/mol. The monoisotopic (exact) mass is 269 g/mol. The van der Waals surface area contributed by atoms with Crippen molar-refractivity contribution in [2.75, 3.05) is 7.05 Å². The van der Waals surface area contributed by atoms with Crippen LogP contribution in [0, 0.1) is 0 Å². The van der Waals surface area contributed by atoms with Crippen LogP contribution in [0.4, 0.5) is 0 Å². The van der Waals surface area contributed by atoms with Gasteiger partial charge in [0.2, 0.25) is 0 Å². The van der Waals surface area contributed by atoms with Gasteiger partial charge in [0.05, 0.1) is 0 Å². The molecule has 1 atom stereocenters. The Balaban J connectivity index is 2.87. The highest BCUT2D eigenvalue weighted by molar-refractivity contribution is 6.30. The molecule has 2 N–H and O–H groups in total. The molecule has 0 radical (unpaired) electrons. The molecule has 0 saturated heterocycles. The van der Waals surface area contributed by atoms with E-state index in [1.807, 2.05) is 19.1 Å². The molecule has 0 aromatic heterocycles. The number of unbranched alkanes of at least 4 members (excludes halogenated alkanes) is 1. The van der Waals surface area contributed by atoms with Crippen molar-refractivity contribution in [1.82, 2.24) is 5.32 Å². The third kappa shape index (κ3) is 4.00. The minimum absolute atomic E-state index is 0.285. The summed E-state index contributed by atoms with van der Waals surface area (Å²) in [4.78, 5) is 11.8. The van der Waals surface area contributed by atoms with E-state index in [4.69, 9.17) is 11.6 Å². The van der Waals surface area contributed by atoms with Crippen LogP contribution in [0.3, 0.4) is 0 Å². The summed E-state index contributed by atoms with van der Waals surface area (Å²) in [5, 5.41) is 13.6. The summed E-state index contributed by atoms with van der Waals surface area (Å²) in [5.74, 6) is -0.337. The van der Waals surface area contributed by atoms with Gasteiger partial charge in [0.1, 0.15) is 5.60 Å². The molecule has 0 heterocycles. The third-order valence-corrected chi connectivity index (χ3v) is 3.21. The molecular weight excluding hydrogens is 250 g/mol. The lowest BCUT2D eigenvalue weighted by Gasteiger charge is -2.26. The van der Waals surface area contributed by atoms with Gasteiger partial charge in [0.15, 0.2) is 0 Å². The fourth-order valence-corrected chi connectivity index (χ4v) is 2.18. The van der Waals surface area contributed by atoms with E-state index in [9.17, 15) is 9.90 Å². The number of hydrogen-bond acceptors (Lipinski definition) is 2. The Kier molecular flexibility index (Phi) is 5.63. The summed E-state index contributed by atoms with van der Waals surface area (Å²) in [6.45, 7) is 2.03. The van der Waals surface area contributed by atoms with E-state index in [-0.39, 0.29) is 12.3 Å². The number of likely N-dealkylation sites (N-methyl/N-ethyl adjacent to an activating group) is 1. The van der Waals surface area contributed by atoms with Crippen molar-refractivity contribution in [3.8, 4) is 0 Å². The van der Waals surface area contributed by atoms with Crippen molar-refractivity contribution in [3.63, 3.8) is 0 Å². The van der Waals surface area contributed by atoms with E-state index in [0.717, 1.165) is 18.4 Å². The third-order valence-electron chi connectivity index (χ3n) is 2.98. The number of benzene rings is 1. The zero-order valence-corrected chi connectivity index (χ0v) is 11.6. The van der Waals surface area contributed by atoms with Crippen molar-refractivity contribution in [2.45, 2.75) is 38.2 Å². The van der Waals surface area contributed by atoms with Crippen molar-refractivity contribution in [3.05, 3.63) is 34.9 Å². The average Bonchev–Trinajstić information content (AvgIpc) is 2.35. The first-order chi connectivity index (χ1) is 8.51. The molecule has 0 spiro atoms. The number of carbonyl (C=O) groups excluding carboxylic acids is 1. The highest BCUT2D eigenvalue weighted by Gasteiger charge is 2.34. The molecule has 1 aromatic rings.